The zero-order chi connectivity index (χ0) is 0. The van der Waals surface area contributed by atoms with Gasteiger partial charge in [-0.25, -0.2) is 0 Å². The smallest absolute Gasteiger partial charge is 1.00 e. The molecule has 0 aliphatic heterocycles. The van der Waals surface area contributed by atoms with Gasteiger partial charge < -0.3 is 17.9 Å². The fraction of sp³-hybridized carbons (Fsp3) is 0. The van der Waals surface area contributed by atoms with Gasteiger partial charge in [-0.2, -0.15) is 0 Å². The monoisotopic (exact) mass is 140 g/mol. The predicted octanol–water partition coefficient (Wildman–Crippen LogP) is -5.36. The van der Waals surface area contributed by atoms with Gasteiger partial charge in [0.1, 0.15) is 0 Å². The Bertz CT molecular complexity index is 6.85. The van der Waals surface area contributed by atoms with Crippen molar-refractivity contribution < 1.29 is 76.0 Å². The largest absolute Gasteiger partial charge is 1.00 e. The zero-order valence-corrected chi connectivity index (χ0v) is 7.42. The van der Waals surface area contributed by atoms with Crippen molar-refractivity contribution in [2.24, 2.45) is 0 Å². The minimum atomic E-state index is 0. The van der Waals surface area contributed by atoms with Crippen LogP contribution in [-0.4, -0.2) is 16.4 Å². The summed E-state index contributed by atoms with van der Waals surface area (Å²) in [5.74, 6) is 0. The molecule has 0 unspecified atom stereocenters. The van der Waals surface area contributed by atoms with E-state index in [1.807, 2.05) is 0 Å². The van der Waals surface area contributed by atoms with Crippen molar-refractivity contribution in [3.05, 3.63) is 0 Å². The van der Waals surface area contributed by atoms with E-state index in [1.165, 1.54) is 0 Å². The summed E-state index contributed by atoms with van der Waals surface area (Å²) in [6.07, 6.45) is 0. The van der Waals surface area contributed by atoms with Crippen LogP contribution in [0.2, 0.25) is 0 Å². The Labute approximate surface area is 74.6 Å². The summed E-state index contributed by atoms with van der Waals surface area (Å²) in [5, 5.41) is 0. The van der Waals surface area contributed by atoms with Crippen molar-refractivity contribution in [2.75, 3.05) is 0 Å². The molecule has 6 N–H and O–H groups in total. The Morgan fingerprint density at radius 2 is 0.750 bits per heavy atom. The normalized spacial score (nSPS) is 0. The molecule has 4 heteroatoms. The number of hydrogen-bond donors (Lipinski definition) is 0. The van der Waals surface area contributed by atoms with Crippen LogP contribution in [0.25, 0.3) is 0 Å². The molecule has 0 saturated carbocycles. The van der Waals surface area contributed by atoms with Gasteiger partial charge in [-0.3, -0.25) is 0 Å². The van der Waals surface area contributed by atoms with E-state index in [0.29, 0.717) is 0 Å². The second-order valence-electron chi connectivity index (χ2n) is 0. The molecule has 0 heterocycles. The number of rotatable bonds is 0. The molecule has 0 bridgehead atoms. The molecular formula is H7O3Rb. The van der Waals surface area contributed by atoms with E-state index in [9.17, 15) is 0 Å². The standard InChI is InChI=1S/3H2O.Rb.H/h3*1H2;;/q;;;+1;-1. The Balaban J connectivity index is 0. The molecule has 0 aromatic rings. The van der Waals surface area contributed by atoms with Crippen LogP contribution in [0.1, 0.15) is 1.43 Å². The summed E-state index contributed by atoms with van der Waals surface area (Å²) in [7, 11) is 0. The molecule has 0 aromatic heterocycles. The summed E-state index contributed by atoms with van der Waals surface area (Å²) in [6.45, 7) is 0. The summed E-state index contributed by atoms with van der Waals surface area (Å²) >= 11 is 0. The SMILES string of the molecule is O.O.O.[H-].[Rb+]. The van der Waals surface area contributed by atoms with Gasteiger partial charge in [0.25, 0.3) is 0 Å². The van der Waals surface area contributed by atoms with E-state index < -0.39 is 0 Å². The van der Waals surface area contributed by atoms with Gasteiger partial charge in [-0.05, 0) is 0 Å². The van der Waals surface area contributed by atoms with Gasteiger partial charge in [-0.15, -0.1) is 0 Å². The zero-order valence-electron chi connectivity index (χ0n) is 3.50. The Hall–Kier alpha value is 1.69. The molecule has 0 spiro atoms. The van der Waals surface area contributed by atoms with E-state index in [2.05, 4.69) is 0 Å². The minimum absolute atomic E-state index is 0. The van der Waals surface area contributed by atoms with Crippen LogP contribution in [-0.2, 0) is 0 Å². The summed E-state index contributed by atoms with van der Waals surface area (Å²) in [4.78, 5) is 0. The van der Waals surface area contributed by atoms with Crippen molar-refractivity contribution in [3.8, 4) is 0 Å². The Morgan fingerprint density at radius 1 is 0.750 bits per heavy atom. The summed E-state index contributed by atoms with van der Waals surface area (Å²) < 4.78 is 0. The van der Waals surface area contributed by atoms with Crippen molar-refractivity contribution in [2.45, 2.75) is 0 Å². The van der Waals surface area contributed by atoms with Gasteiger partial charge in [0.05, 0.1) is 0 Å². The quantitative estimate of drug-likeness (QED) is 0.321. The minimum Gasteiger partial charge on any atom is -1.00 e. The van der Waals surface area contributed by atoms with E-state index in [-0.39, 0.29) is 76.0 Å². The first-order valence-electron chi connectivity index (χ1n) is 0. The molecule has 0 fully saturated rings. The van der Waals surface area contributed by atoms with Gasteiger partial charge in [0, 0.05) is 0 Å². The molecule has 0 amide bonds. The van der Waals surface area contributed by atoms with Crippen molar-refractivity contribution in [3.63, 3.8) is 0 Å². The molecule has 0 aliphatic carbocycles. The summed E-state index contributed by atoms with van der Waals surface area (Å²) in [5.41, 5.74) is 0. The average Bonchev–Trinajstić information content (AvgIpc) is 0. The van der Waals surface area contributed by atoms with Gasteiger partial charge in [-0.1, -0.05) is 0 Å². The topological polar surface area (TPSA) is 94.5 Å². The van der Waals surface area contributed by atoms with Crippen molar-refractivity contribution in [1.82, 2.24) is 0 Å². The van der Waals surface area contributed by atoms with E-state index in [4.69, 9.17) is 0 Å². The first-order chi connectivity index (χ1) is 0. The molecule has 0 aliphatic rings. The second kappa shape index (κ2) is 22.4. The fourth-order valence-corrected chi connectivity index (χ4v) is 0. The Morgan fingerprint density at radius 3 is 0.750 bits per heavy atom. The van der Waals surface area contributed by atoms with Crippen molar-refractivity contribution in [1.29, 1.82) is 0 Å². The molecule has 0 atom stereocenters. The fourth-order valence-electron chi connectivity index (χ4n) is 0. The Kier molecular flexibility index (Phi) is 246. The molecule has 4 heavy (non-hydrogen) atoms. The van der Waals surface area contributed by atoms with Crippen LogP contribution in [0.4, 0.5) is 0 Å². The second-order valence-corrected chi connectivity index (χ2v) is 0. The molecule has 0 rings (SSSR count). The van der Waals surface area contributed by atoms with E-state index in [0.717, 1.165) is 0 Å². The van der Waals surface area contributed by atoms with Crippen LogP contribution in [0.5, 0.6) is 0 Å². The average molecular weight is 141 g/mol. The number of hydrogen-bond acceptors (Lipinski definition) is 0. The molecule has 0 saturated heterocycles. The van der Waals surface area contributed by atoms with Crippen molar-refractivity contribution >= 4 is 0 Å². The van der Waals surface area contributed by atoms with E-state index in [1.54, 1.807) is 0 Å². The third kappa shape index (κ3) is 9.36. The molecular weight excluding hydrogens is 133 g/mol. The molecule has 0 radical (unpaired) electrons. The van der Waals surface area contributed by atoms with Crippen LogP contribution in [0, 0.1) is 0 Å². The maximum Gasteiger partial charge on any atom is 1.00 e. The first-order valence-corrected chi connectivity index (χ1v) is 0. The summed E-state index contributed by atoms with van der Waals surface area (Å²) in [6, 6.07) is 0. The van der Waals surface area contributed by atoms with Gasteiger partial charge >= 0.3 is 58.2 Å². The first kappa shape index (κ1) is 43.9. The maximum absolute atomic E-state index is 0. The van der Waals surface area contributed by atoms with Crippen LogP contribution >= 0.6 is 0 Å². The third-order valence-electron chi connectivity index (χ3n) is 0. The van der Waals surface area contributed by atoms with Crippen LogP contribution in [0.3, 0.4) is 0 Å². The molecule has 3 nitrogen and oxygen atoms in total. The molecule has 26 valence electrons. The van der Waals surface area contributed by atoms with Crippen LogP contribution in [0.15, 0.2) is 0 Å². The van der Waals surface area contributed by atoms with Crippen LogP contribution < -0.4 is 58.2 Å². The predicted molar refractivity (Wildman–Crippen MR) is 12.0 cm³/mol. The van der Waals surface area contributed by atoms with Gasteiger partial charge in [0.15, 0.2) is 0 Å². The molecule has 0 aromatic carbocycles. The van der Waals surface area contributed by atoms with Gasteiger partial charge in [0.2, 0.25) is 0 Å². The van der Waals surface area contributed by atoms with E-state index >= 15 is 0 Å². The maximum atomic E-state index is 0. The third-order valence-corrected chi connectivity index (χ3v) is 0.